The van der Waals surface area contributed by atoms with Crippen LogP contribution < -0.4 is 5.01 Å². The average molecular weight is 295 g/mol. The highest BCUT2D eigenvalue weighted by molar-refractivity contribution is 6.43. The van der Waals surface area contributed by atoms with E-state index < -0.39 is 11.9 Å². The Kier molecular flexibility index (Phi) is 4.39. The van der Waals surface area contributed by atoms with Gasteiger partial charge in [0.05, 0.1) is 18.8 Å². The summed E-state index contributed by atoms with van der Waals surface area (Å²) in [7, 11) is 0. The third-order valence-electron chi connectivity index (χ3n) is 2.95. The van der Waals surface area contributed by atoms with Gasteiger partial charge in [-0.25, -0.2) is 0 Å². The van der Waals surface area contributed by atoms with Crippen molar-refractivity contribution in [1.82, 2.24) is 0 Å². The highest BCUT2D eigenvalue weighted by Gasteiger charge is 2.36. The Morgan fingerprint density at radius 2 is 2.25 bits per heavy atom. The number of nitrogens with zero attached hydrogens (tertiary/aromatic N) is 2. The predicted octanol–water partition coefficient (Wildman–Crippen LogP) is 2.28. The fourth-order valence-electron chi connectivity index (χ4n) is 2.04. The fraction of sp³-hybridized carbons (Fsp3) is 0.357. The fourth-order valence-corrected chi connectivity index (χ4v) is 2.23. The molecular weight excluding hydrogens is 280 g/mol. The van der Waals surface area contributed by atoms with Gasteiger partial charge in [0, 0.05) is 11.9 Å². The number of halogens is 1. The predicted molar refractivity (Wildman–Crippen MR) is 77.0 cm³/mol. The van der Waals surface area contributed by atoms with Crippen LogP contribution in [0.25, 0.3) is 0 Å². The first-order valence-corrected chi connectivity index (χ1v) is 6.70. The minimum Gasteiger partial charge on any atom is -0.465 e. The molecular formula is C14H15ClN2O3. The van der Waals surface area contributed by atoms with Gasteiger partial charge in [0.15, 0.2) is 5.78 Å². The van der Waals surface area contributed by atoms with E-state index in [1.165, 1.54) is 6.92 Å². The first-order chi connectivity index (χ1) is 9.52. The zero-order valence-electron chi connectivity index (χ0n) is 11.3. The van der Waals surface area contributed by atoms with Crippen molar-refractivity contribution in [2.75, 3.05) is 18.2 Å². The molecule has 1 atom stereocenters. The van der Waals surface area contributed by atoms with Crippen LogP contribution in [0.5, 0.6) is 0 Å². The van der Waals surface area contributed by atoms with Crippen LogP contribution in [0.15, 0.2) is 29.4 Å². The zero-order chi connectivity index (χ0) is 14.7. The Balaban J connectivity index is 2.27. The second-order valence-electron chi connectivity index (χ2n) is 4.41. The molecule has 6 heteroatoms. The average Bonchev–Trinajstić information content (AvgIpc) is 2.84. The summed E-state index contributed by atoms with van der Waals surface area (Å²) in [5.41, 5.74) is 0.964. The molecule has 1 heterocycles. The lowest BCUT2D eigenvalue weighted by molar-refractivity contribution is -0.145. The van der Waals surface area contributed by atoms with Gasteiger partial charge >= 0.3 is 5.97 Å². The van der Waals surface area contributed by atoms with E-state index in [4.69, 9.17) is 16.3 Å². The number of anilines is 1. The van der Waals surface area contributed by atoms with Crippen molar-refractivity contribution in [1.29, 1.82) is 0 Å². The largest absolute Gasteiger partial charge is 0.465 e. The maximum absolute atomic E-state index is 11.9. The van der Waals surface area contributed by atoms with E-state index >= 15 is 0 Å². The normalized spacial score (nSPS) is 17.9. The van der Waals surface area contributed by atoms with E-state index in [2.05, 4.69) is 5.10 Å². The molecule has 0 bridgehead atoms. The molecule has 1 aromatic carbocycles. The summed E-state index contributed by atoms with van der Waals surface area (Å²) in [6.45, 7) is 3.68. The first-order valence-electron chi connectivity index (χ1n) is 6.32. The zero-order valence-corrected chi connectivity index (χ0v) is 12.1. The van der Waals surface area contributed by atoms with Crippen molar-refractivity contribution in [3.63, 3.8) is 0 Å². The highest BCUT2D eigenvalue weighted by atomic mass is 35.5. The lowest BCUT2D eigenvalue weighted by atomic mass is 10.0. The lowest BCUT2D eigenvalue weighted by Crippen LogP contribution is -2.31. The van der Waals surface area contributed by atoms with E-state index in [-0.39, 0.29) is 24.6 Å². The molecule has 1 aliphatic heterocycles. The number of carbonyl (C=O) groups excluding carboxylic acids is 2. The third kappa shape index (κ3) is 2.99. The summed E-state index contributed by atoms with van der Waals surface area (Å²) in [6, 6.07) is 7.09. The van der Waals surface area contributed by atoms with Crippen LogP contribution in [0.4, 0.5) is 5.69 Å². The SMILES string of the molecule is CCOC(=O)[C@H]1CN(c2cccc(Cl)c2)N=C1C(C)=O. The monoisotopic (exact) mass is 294 g/mol. The standard InChI is InChI=1S/C14H15ClN2O3/c1-3-20-14(19)12-8-17(16-13(12)9(2)18)11-6-4-5-10(15)7-11/h4-7,12H,3,8H2,1-2H3/t12-/m0/s1. The first kappa shape index (κ1) is 14.5. The maximum Gasteiger partial charge on any atom is 0.317 e. The number of rotatable bonds is 4. The summed E-state index contributed by atoms with van der Waals surface area (Å²) >= 11 is 5.94. The van der Waals surface area contributed by atoms with Crippen molar-refractivity contribution < 1.29 is 14.3 Å². The Bertz CT molecular complexity index is 571. The van der Waals surface area contributed by atoms with Gasteiger partial charge in [-0.3, -0.25) is 14.6 Å². The maximum atomic E-state index is 11.9. The van der Waals surface area contributed by atoms with Crippen molar-refractivity contribution in [3.8, 4) is 0 Å². The number of hydrazone groups is 1. The Morgan fingerprint density at radius 1 is 1.50 bits per heavy atom. The molecule has 20 heavy (non-hydrogen) atoms. The molecule has 1 aromatic rings. The van der Waals surface area contributed by atoms with E-state index in [0.717, 1.165) is 5.69 Å². The van der Waals surface area contributed by atoms with Gasteiger partial charge in [0.1, 0.15) is 11.6 Å². The highest BCUT2D eigenvalue weighted by Crippen LogP contribution is 2.26. The van der Waals surface area contributed by atoms with E-state index in [0.29, 0.717) is 5.02 Å². The minimum absolute atomic E-state index is 0.225. The summed E-state index contributed by atoms with van der Waals surface area (Å²) in [6.07, 6.45) is 0. The molecule has 0 spiro atoms. The van der Waals surface area contributed by atoms with Crippen molar-refractivity contribution in [2.24, 2.45) is 11.0 Å². The topological polar surface area (TPSA) is 59.0 Å². The minimum atomic E-state index is -0.647. The summed E-state index contributed by atoms with van der Waals surface area (Å²) < 4.78 is 4.99. The Hall–Kier alpha value is -1.88. The molecule has 106 valence electrons. The second kappa shape index (κ2) is 6.05. The Morgan fingerprint density at radius 3 is 2.85 bits per heavy atom. The molecule has 0 unspecified atom stereocenters. The number of ketones is 1. The van der Waals surface area contributed by atoms with E-state index in [1.54, 1.807) is 30.1 Å². The molecule has 1 aliphatic rings. The van der Waals surface area contributed by atoms with E-state index in [1.807, 2.05) is 6.07 Å². The molecule has 0 amide bonds. The molecule has 0 fully saturated rings. The molecule has 5 nitrogen and oxygen atoms in total. The number of benzene rings is 1. The number of hydrogen-bond donors (Lipinski definition) is 0. The van der Waals surface area contributed by atoms with Gasteiger partial charge in [0.2, 0.25) is 0 Å². The smallest absolute Gasteiger partial charge is 0.317 e. The summed E-state index contributed by atoms with van der Waals surface area (Å²) in [5, 5.41) is 6.40. The quantitative estimate of drug-likeness (QED) is 0.800. The molecule has 0 N–H and O–H groups in total. The third-order valence-corrected chi connectivity index (χ3v) is 3.19. The molecule has 0 saturated carbocycles. The van der Waals surface area contributed by atoms with Gasteiger partial charge in [-0.15, -0.1) is 0 Å². The van der Waals surface area contributed by atoms with Crippen LogP contribution in [-0.4, -0.2) is 30.6 Å². The molecule has 0 aliphatic carbocycles. The molecule has 0 aromatic heterocycles. The van der Waals surface area contributed by atoms with E-state index in [9.17, 15) is 9.59 Å². The van der Waals surface area contributed by atoms with Crippen molar-refractivity contribution in [3.05, 3.63) is 29.3 Å². The lowest BCUT2D eigenvalue weighted by Gasteiger charge is -2.15. The van der Waals surface area contributed by atoms with Gasteiger partial charge in [-0.1, -0.05) is 17.7 Å². The van der Waals surface area contributed by atoms with Crippen LogP contribution in [-0.2, 0) is 14.3 Å². The molecule has 2 rings (SSSR count). The Labute approximate surface area is 122 Å². The number of carbonyl (C=O) groups is 2. The van der Waals surface area contributed by atoms with Crippen LogP contribution in [0.1, 0.15) is 13.8 Å². The molecule has 0 radical (unpaired) electrons. The van der Waals surface area contributed by atoms with Crippen molar-refractivity contribution >= 4 is 34.8 Å². The number of Topliss-reactive ketones (excluding diaryl/α,β-unsaturated/α-hetero) is 1. The van der Waals surface area contributed by atoms with Crippen LogP contribution in [0.3, 0.4) is 0 Å². The summed E-state index contributed by atoms with van der Waals surface area (Å²) in [4.78, 5) is 23.5. The van der Waals surface area contributed by atoms with Crippen LogP contribution in [0, 0.1) is 5.92 Å². The van der Waals surface area contributed by atoms with Gasteiger partial charge < -0.3 is 4.74 Å². The second-order valence-corrected chi connectivity index (χ2v) is 4.84. The van der Waals surface area contributed by atoms with Crippen LogP contribution >= 0.6 is 11.6 Å². The van der Waals surface area contributed by atoms with Gasteiger partial charge in [-0.05, 0) is 25.1 Å². The number of ether oxygens (including phenoxy) is 1. The molecule has 0 saturated heterocycles. The van der Waals surface area contributed by atoms with Crippen LogP contribution in [0.2, 0.25) is 5.02 Å². The van der Waals surface area contributed by atoms with Gasteiger partial charge in [-0.2, -0.15) is 5.10 Å². The number of hydrogen-bond acceptors (Lipinski definition) is 5. The van der Waals surface area contributed by atoms with Gasteiger partial charge in [0.25, 0.3) is 0 Å². The van der Waals surface area contributed by atoms with Crippen molar-refractivity contribution in [2.45, 2.75) is 13.8 Å². The number of esters is 1. The summed E-state index contributed by atoms with van der Waals surface area (Å²) in [5.74, 6) is -1.30.